The molecule has 2 saturated heterocycles. The number of H-pyrrole nitrogens is 1. The van der Waals surface area contributed by atoms with Gasteiger partial charge in [0.05, 0.1) is 12.7 Å². The van der Waals surface area contributed by atoms with Gasteiger partial charge >= 0.3 is 5.69 Å². The van der Waals surface area contributed by atoms with Crippen LogP contribution in [0.1, 0.15) is 44.4 Å². The van der Waals surface area contributed by atoms with Crippen LogP contribution in [0.15, 0.2) is 15.8 Å². The predicted molar refractivity (Wildman–Crippen MR) is 87.5 cm³/mol. The van der Waals surface area contributed by atoms with Crippen molar-refractivity contribution in [1.82, 2.24) is 15.7 Å². The van der Waals surface area contributed by atoms with Crippen LogP contribution in [0, 0.1) is 0 Å². The predicted octanol–water partition coefficient (Wildman–Crippen LogP) is 0.817. The first-order valence-corrected chi connectivity index (χ1v) is 9.49. The summed E-state index contributed by atoms with van der Waals surface area (Å²) >= 11 is 0. The number of ether oxygens (including phenoxy) is 1. The number of fused-ring (bicyclic) bond motifs is 1. The molecule has 2 aliphatic rings. The second-order valence-corrected chi connectivity index (χ2v) is 7.39. The molecule has 1 aromatic heterocycles. The Bertz CT molecular complexity index is 762. The number of quaternary nitrogens is 1. The molecule has 11 heteroatoms. The van der Waals surface area contributed by atoms with E-state index in [4.69, 9.17) is 9.26 Å². The van der Waals surface area contributed by atoms with Crippen LogP contribution in [0.3, 0.4) is 0 Å². The van der Waals surface area contributed by atoms with Gasteiger partial charge in [0.25, 0.3) is 13.4 Å². The van der Waals surface area contributed by atoms with Gasteiger partial charge < -0.3 is 24.8 Å². The van der Waals surface area contributed by atoms with Crippen LogP contribution < -0.4 is 22.3 Å². The van der Waals surface area contributed by atoms with Crippen molar-refractivity contribution in [2.75, 3.05) is 6.61 Å². The summed E-state index contributed by atoms with van der Waals surface area (Å²) in [4.78, 5) is 37.6. The SMILES string of the molecule is CCCCCc1cn(C2CC3OP(=O)([O-])OCC3O2)c(=O)[nH]c1=O.[NH4+]. The van der Waals surface area contributed by atoms with Gasteiger partial charge in [0.2, 0.25) is 0 Å². The van der Waals surface area contributed by atoms with E-state index in [1.54, 1.807) is 0 Å². The number of rotatable bonds is 5. The molecule has 4 atom stereocenters. The minimum Gasteiger partial charge on any atom is -0.756 e. The summed E-state index contributed by atoms with van der Waals surface area (Å²) in [7, 11) is -4.30. The van der Waals surface area contributed by atoms with Gasteiger partial charge in [-0.2, -0.15) is 0 Å². The molecular weight excluding hydrogens is 353 g/mol. The monoisotopic (exact) mass is 377 g/mol. The topological polar surface area (TPSA) is 159 Å². The van der Waals surface area contributed by atoms with Crippen molar-refractivity contribution >= 4 is 7.82 Å². The van der Waals surface area contributed by atoms with E-state index in [1.807, 2.05) is 0 Å². The average molecular weight is 377 g/mol. The Morgan fingerprint density at radius 3 is 2.84 bits per heavy atom. The number of aromatic nitrogens is 2. The van der Waals surface area contributed by atoms with Crippen LogP contribution in [-0.4, -0.2) is 28.4 Å². The Morgan fingerprint density at radius 2 is 2.12 bits per heavy atom. The minimum absolute atomic E-state index is 0. The molecule has 0 spiro atoms. The van der Waals surface area contributed by atoms with Gasteiger partial charge in [-0.15, -0.1) is 0 Å². The smallest absolute Gasteiger partial charge is 0.330 e. The first kappa shape index (κ1) is 20.0. The van der Waals surface area contributed by atoms with Crippen LogP contribution in [-0.2, 0) is 24.8 Å². The van der Waals surface area contributed by atoms with Crippen LogP contribution >= 0.6 is 7.82 Å². The van der Waals surface area contributed by atoms with Crippen molar-refractivity contribution in [3.05, 3.63) is 32.6 Å². The van der Waals surface area contributed by atoms with E-state index in [0.717, 1.165) is 19.3 Å². The van der Waals surface area contributed by atoms with Crippen molar-refractivity contribution < 1.29 is 23.2 Å². The molecule has 5 N–H and O–H groups in total. The lowest BCUT2D eigenvalue weighted by Gasteiger charge is -2.33. The zero-order valence-electron chi connectivity index (χ0n) is 14.3. The number of nitrogens with one attached hydrogen (secondary N) is 1. The summed E-state index contributed by atoms with van der Waals surface area (Å²) in [6, 6.07) is 0. The van der Waals surface area contributed by atoms with Gasteiger partial charge in [-0.25, -0.2) is 4.79 Å². The van der Waals surface area contributed by atoms with Gasteiger partial charge in [-0.3, -0.25) is 18.9 Å². The van der Waals surface area contributed by atoms with E-state index in [9.17, 15) is 19.0 Å². The molecular formula is C14H24N3O7P. The molecule has 4 unspecified atom stereocenters. The molecule has 2 fully saturated rings. The summed E-state index contributed by atoms with van der Waals surface area (Å²) in [5.41, 5.74) is -0.478. The van der Waals surface area contributed by atoms with Crippen LogP contribution in [0.25, 0.3) is 0 Å². The maximum absolute atomic E-state index is 12.1. The van der Waals surface area contributed by atoms with E-state index >= 15 is 0 Å². The summed E-state index contributed by atoms with van der Waals surface area (Å²) in [6.45, 7) is 1.93. The van der Waals surface area contributed by atoms with Gasteiger partial charge in [0.1, 0.15) is 12.3 Å². The highest BCUT2D eigenvalue weighted by molar-refractivity contribution is 7.45. The van der Waals surface area contributed by atoms with Crippen LogP contribution in [0.5, 0.6) is 0 Å². The van der Waals surface area contributed by atoms with Crippen molar-refractivity contribution in [3.63, 3.8) is 0 Å². The number of hydrogen-bond donors (Lipinski definition) is 2. The van der Waals surface area contributed by atoms with Gasteiger partial charge in [0, 0.05) is 18.2 Å². The molecule has 0 aromatic carbocycles. The molecule has 0 aliphatic carbocycles. The Hall–Kier alpha value is -1.29. The molecule has 142 valence electrons. The third-order valence-electron chi connectivity index (χ3n) is 4.24. The third-order valence-corrected chi connectivity index (χ3v) is 5.24. The lowest BCUT2D eigenvalue weighted by molar-refractivity contribution is -0.243. The van der Waals surface area contributed by atoms with E-state index in [2.05, 4.69) is 16.4 Å². The average Bonchev–Trinajstić information content (AvgIpc) is 2.91. The van der Waals surface area contributed by atoms with E-state index < -0.39 is 37.5 Å². The fourth-order valence-corrected chi connectivity index (χ4v) is 3.92. The molecule has 25 heavy (non-hydrogen) atoms. The normalized spacial score (nSPS) is 31.4. The zero-order chi connectivity index (χ0) is 17.3. The number of nitrogens with zero attached hydrogens (tertiary/aromatic N) is 1. The highest BCUT2D eigenvalue weighted by Crippen LogP contribution is 2.49. The number of aryl methyl sites for hydroxylation is 1. The maximum Gasteiger partial charge on any atom is 0.330 e. The van der Waals surface area contributed by atoms with Crippen molar-refractivity contribution in [1.29, 1.82) is 0 Å². The lowest BCUT2D eigenvalue weighted by Crippen LogP contribution is -2.35. The summed E-state index contributed by atoms with van der Waals surface area (Å²) in [6.07, 6.45) is 3.19. The molecule has 0 radical (unpaired) electrons. The second-order valence-electron chi connectivity index (χ2n) is 6.03. The quantitative estimate of drug-likeness (QED) is 0.567. The Balaban J connectivity index is 0.00000225. The van der Waals surface area contributed by atoms with E-state index in [-0.39, 0.29) is 19.2 Å². The number of phosphoric ester groups is 1. The summed E-state index contributed by atoms with van der Waals surface area (Å²) < 4.78 is 27.8. The van der Waals surface area contributed by atoms with Crippen molar-refractivity contribution in [3.8, 4) is 0 Å². The molecule has 10 nitrogen and oxygen atoms in total. The Kier molecular flexibility index (Phi) is 6.36. The first-order chi connectivity index (χ1) is 11.4. The fraction of sp³-hybridized carbons (Fsp3) is 0.714. The number of unbranched alkanes of at least 4 members (excludes halogenated alkanes) is 2. The van der Waals surface area contributed by atoms with Gasteiger partial charge in [-0.1, -0.05) is 19.8 Å². The van der Waals surface area contributed by atoms with Crippen molar-refractivity contribution in [2.45, 2.75) is 57.5 Å². The van der Waals surface area contributed by atoms with E-state index in [1.165, 1.54) is 10.8 Å². The van der Waals surface area contributed by atoms with Crippen LogP contribution in [0.4, 0.5) is 0 Å². The molecule has 1 aromatic rings. The zero-order valence-corrected chi connectivity index (χ0v) is 15.2. The fourth-order valence-electron chi connectivity index (χ4n) is 2.98. The Labute approximate surface area is 144 Å². The molecule has 3 heterocycles. The number of phosphoric acid groups is 1. The first-order valence-electron chi connectivity index (χ1n) is 8.03. The van der Waals surface area contributed by atoms with Gasteiger partial charge in [-0.05, 0) is 12.8 Å². The number of hydrogen-bond acceptors (Lipinski definition) is 7. The molecule has 0 bridgehead atoms. The Morgan fingerprint density at radius 1 is 1.36 bits per heavy atom. The lowest BCUT2D eigenvalue weighted by atomic mass is 10.1. The van der Waals surface area contributed by atoms with Crippen LogP contribution in [0.2, 0.25) is 0 Å². The maximum atomic E-state index is 12.1. The van der Waals surface area contributed by atoms with Crippen molar-refractivity contribution in [2.24, 2.45) is 0 Å². The second kappa shape index (κ2) is 7.94. The molecule has 0 saturated carbocycles. The summed E-state index contributed by atoms with van der Waals surface area (Å²) in [5.74, 6) is 0. The molecule has 3 rings (SSSR count). The molecule has 2 aliphatic heterocycles. The highest BCUT2D eigenvalue weighted by Gasteiger charge is 2.43. The molecule has 0 amide bonds. The van der Waals surface area contributed by atoms with E-state index in [0.29, 0.717) is 12.0 Å². The highest BCUT2D eigenvalue weighted by atomic mass is 31.2. The minimum atomic E-state index is -4.30. The summed E-state index contributed by atoms with van der Waals surface area (Å²) in [5, 5.41) is 0. The standard InChI is InChI=1S/C14H21N2O7P.H3N/c1-2-3-4-5-9-7-16(14(18)15-13(9)17)12-6-10-11(22-12)8-21-24(19,20)23-10;/h7,10-12H,2-6,8H2,1H3,(H,19,20)(H,15,17,18);1H3. The number of aromatic amines is 1. The largest absolute Gasteiger partial charge is 0.756 e. The van der Waals surface area contributed by atoms with Gasteiger partial charge in [0.15, 0.2) is 0 Å². The third kappa shape index (κ3) is 4.46.